The van der Waals surface area contributed by atoms with E-state index in [1.54, 1.807) is 11.8 Å². The molecule has 0 N–H and O–H groups in total. The third-order valence-corrected chi connectivity index (χ3v) is 3.83. The van der Waals surface area contributed by atoms with E-state index in [0.29, 0.717) is 0 Å². The normalized spacial score (nSPS) is 10.9. The van der Waals surface area contributed by atoms with Gasteiger partial charge in [-0.05, 0) is 23.4 Å². The summed E-state index contributed by atoms with van der Waals surface area (Å²) in [4.78, 5) is 10.9. The lowest BCUT2D eigenvalue weighted by Crippen LogP contribution is -2.23. The van der Waals surface area contributed by atoms with Gasteiger partial charge in [0.15, 0.2) is 5.16 Å². The highest BCUT2D eigenvalue weighted by Gasteiger charge is 2.07. The Morgan fingerprint density at radius 2 is 1.77 bits per heavy atom. The Kier molecular flexibility index (Phi) is 6.55. The van der Waals surface area contributed by atoms with E-state index in [1.165, 1.54) is 12.1 Å². The second kappa shape index (κ2) is 8.66. The second-order valence-electron chi connectivity index (χ2n) is 4.89. The van der Waals surface area contributed by atoms with Gasteiger partial charge in [0, 0.05) is 37.6 Å². The van der Waals surface area contributed by atoms with Crippen LogP contribution in [0.4, 0.5) is 4.39 Å². The van der Waals surface area contributed by atoms with E-state index in [1.807, 2.05) is 30.6 Å². The fourth-order valence-corrected chi connectivity index (χ4v) is 2.61. The van der Waals surface area contributed by atoms with Crippen molar-refractivity contribution in [2.24, 2.45) is 0 Å². The van der Waals surface area contributed by atoms with Crippen molar-refractivity contribution in [3.05, 3.63) is 66.3 Å². The van der Waals surface area contributed by atoms with Gasteiger partial charge in [-0.3, -0.25) is 4.90 Å². The van der Waals surface area contributed by atoms with Crippen LogP contribution in [0, 0.1) is 5.82 Å². The van der Waals surface area contributed by atoms with Crippen molar-refractivity contribution in [3.63, 3.8) is 0 Å². The SMILES string of the molecule is C=CCN(Cc1ccc(F)cc1)Cc1cnc(SCC)nc1. The van der Waals surface area contributed by atoms with Gasteiger partial charge in [0.25, 0.3) is 0 Å². The minimum atomic E-state index is -0.212. The fraction of sp³-hybridized carbons (Fsp3) is 0.294. The highest BCUT2D eigenvalue weighted by Crippen LogP contribution is 2.13. The van der Waals surface area contributed by atoms with Gasteiger partial charge in [0.1, 0.15) is 5.82 Å². The minimum Gasteiger partial charge on any atom is -0.291 e. The van der Waals surface area contributed by atoms with Crippen LogP contribution in [0.15, 0.2) is 54.5 Å². The lowest BCUT2D eigenvalue weighted by atomic mass is 10.2. The summed E-state index contributed by atoms with van der Waals surface area (Å²) in [5.74, 6) is 0.753. The van der Waals surface area contributed by atoms with Crippen LogP contribution in [0.3, 0.4) is 0 Å². The fourth-order valence-electron chi connectivity index (χ4n) is 2.10. The maximum Gasteiger partial charge on any atom is 0.187 e. The Morgan fingerprint density at radius 1 is 1.14 bits per heavy atom. The molecule has 0 saturated carbocycles. The Hall–Kier alpha value is -1.72. The maximum atomic E-state index is 13.0. The van der Waals surface area contributed by atoms with Gasteiger partial charge >= 0.3 is 0 Å². The van der Waals surface area contributed by atoms with Crippen LogP contribution in [0.1, 0.15) is 18.1 Å². The summed E-state index contributed by atoms with van der Waals surface area (Å²) < 4.78 is 13.0. The topological polar surface area (TPSA) is 29.0 Å². The smallest absolute Gasteiger partial charge is 0.187 e. The molecule has 2 aromatic rings. The van der Waals surface area contributed by atoms with Crippen LogP contribution in [0.2, 0.25) is 0 Å². The molecule has 0 saturated heterocycles. The van der Waals surface area contributed by atoms with Gasteiger partial charge in [0.2, 0.25) is 0 Å². The van der Waals surface area contributed by atoms with Gasteiger partial charge in [-0.2, -0.15) is 0 Å². The van der Waals surface area contributed by atoms with Crippen molar-refractivity contribution in [1.29, 1.82) is 0 Å². The largest absolute Gasteiger partial charge is 0.291 e. The van der Waals surface area contributed by atoms with Crippen LogP contribution >= 0.6 is 11.8 Å². The molecule has 116 valence electrons. The van der Waals surface area contributed by atoms with Gasteiger partial charge in [-0.25, -0.2) is 14.4 Å². The van der Waals surface area contributed by atoms with Crippen LogP contribution in [0.25, 0.3) is 0 Å². The third-order valence-electron chi connectivity index (χ3n) is 3.07. The van der Waals surface area contributed by atoms with Crippen molar-refractivity contribution >= 4 is 11.8 Å². The predicted octanol–water partition coefficient (Wildman–Crippen LogP) is 3.92. The molecule has 1 heterocycles. The quantitative estimate of drug-likeness (QED) is 0.419. The van der Waals surface area contributed by atoms with E-state index >= 15 is 0 Å². The molecule has 1 aromatic carbocycles. The number of benzene rings is 1. The molecule has 0 unspecified atom stereocenters. The number of aromatic nitrogens is 2. The highest BCUT2D eigenvalue weighted by atomic mass is 32.2. The zero-order chi connectivity index (χ0) is 15.8. The zero-order valence-corrected chi connectivity index (χ0v) is 13.5. The van der Waals surface area contributed by atoms with E-state index in [4.69, 9.17) is 0 Å². The van der Waals surface area contributed by atoms with Crippen molar-refractivity contribution in [2.45, 2.75) is 25.2 Å². The molecule has 0 atom stereocenters. The Bertz CT molecular complexity index is 584. The lowest BCUT2D eigenvalue weighted by Gasteiger charge is -2.20. The first kappa shape index (κ1) is 16.6. The molecule has 1 aromatic heterocycles. The molecular weight excluding hydrogens is 297 g/mol. The van der Waals surface area contributed by atoms with Gasteiger partial charge < -0.3 is 0 Å². The van der Waals surface area contributed by atoms with Crippen molar-refractivity contribution in [2.75, 3.05) is 12.3 Å². The number of hydrogen-bond donors (Lipinski definition) is 0. The van der Waals surface area contributed by atoms with Crippen LogP contribution in [0.5, 0.6) is 0 Å². The monoisotopic (exact) mass is 317 g/mol. The van der Waals surface area contributed by atoms with E-state index in [-0.39, 0.29) is 5.82 Å². The number of rotatable bonds is 8. The molecule has 5 heteroatoms. The van der Waals surface area contributed by atoms with Gasteiger partial charge in [-0.1, -0.05) is 36.9 Å². The summed E-state index contributed by atoms with van der Waals surface area (Å²) in [6, 6.07) is 6.59. The molecule has 0 spiro atoms. The maximum absolute atomic E-state index is 13.0. The van der Waals surface area contributed by atoms with E-state index in [2.05, 4.69) is 28.4 Å². The van der Waals surface area contributed by atoms with E-state index < -0.39 is 0 Å². The summed E-state index contributed by atoms with van der Waals surface area (Å²) in [6.07, 6.45) is 5.60. The Morgan fingerprint density at radius 3 is 2.36 bits per heavy atom. The third kappa shape index (κ3) is 5.24. The van der Waals surface area contributed by atoms with Crippen molar-refractivity contribution < 1.29 is 4.39 Å². The van der Waals surface area contributed by atoms with Crippen molar-refractivity contribution in [1.82, 2.24) is 14.9 Å². The van der Waals surface area contributed by atoms with E-state index in [9.17, 15) is 4.39 Å². The first-order chi connectivity index (χ1) is 10.7. The molecule has 0 radical (unpaired) electrons. The summed E-state index contributed by atoms with van der Waals surface area (Å²) in [5.41, 5.74) is 2.13. The van der Waals surface area contributed by atoms with Gasteiger partial charge in [-0.15, -0.1) is 6.58 Å². The summed E-state index contributed by atoms with van der Waals surface area (Å²) >= 11 is 1.63. The molecule has 0 bridgehead atoms. The second-order valence-corrected chi connectivity index (χ2v) is 6.12. The minimum absolute atomic E-state index is 0.212. The molecule has 0 aliphatic carbocycles. The van der Waals surface area contributed by atoms with Crippen LogP contribution in [-0.4, -0.2) is 27.2 Å². The number of halogens is 1. The summed E-state index contributed by atoms with van der Waals surface area (Å²) in [5, 5.41) is 0.806. The number of nitrogens with zero attached hydrogens (tertiary/aromatic N) is 3. The van der Waals surface area contributed by atoms with Crippen molar-refractivity contribution in [3.8, 4) is 0 Å². The molecule has 0 amide bonds. The molecule has 0 aliphatic rings. The van der Waals surface area contributed by atoms with Gasteiger partial charge in [0.05, 0.1) is 0 Å². The molecular formula is C17H20FN3S. The van der Waals surface area contributed by atoms with Crippen LogP contribution < -0.4 is 0 Å². The highest BCUT2D eigenvalue weighted by molar-refractivity contribution is 7.99. The molecule has 3 nitrogen and oxygen atoms in total. The summed E-state index contributed by atoms with van der Waals surface area (Å²) in [6.45, 7) is 8.10. The summed E-state index contributed by atoms with van der Waals surface area (Å²) in [7, 11) is 0. The average molecular weight is 317 g/mol. The molecule has 0 aliphatic heterocycles. The molecule has 2 rings (SSSR count). The molecule has 22 heavy (non-hydrogen) atoms. The lowest BCUT2D eigenvalue weighted by molar-refractivity contribution is 0.285. The molecule has 0 fully saturated rings. The number of hydrogen-bond acceptors (Lipinski definition) is 4. The Labute approximate surface area is 135 Å². The standard InChI is InChI=1S/C17H20FN3S/c1-3-9-21(12-14-5-7-16(18)8-6-14)13-15-10-19-17(20-11-15)22-4-2/h3,5-8,10-11H,1,4,9,12-13H2,2H3. The zero-order valence-electron chi connectivity index (χ0n) is 12.7. The average Bonchev–Trinajstić information content (AvgIpc) is 2.52. The number of thioether (sulfide) groups is 1. The van der Waals surface area contributed by atoms with E-state index in [0.717, 1.165) is 41.7 Å². The predicted molar refractivity (Wildman–Crippen MR) is 89.1 cm³/mol. The first-order valence-electron chi connectivity index (χ1n) is 7.22. The Balaban J connectivity index is 2.01. The van der Waals surface area contributed by atoms with Crippen LogP contribution in [-0.2, 0) is 13.1 Å². The first-order valence-corrected chi connectivity index (χ1v) is 8.21.